The van der Waals surface area contributed by atoms with Crippen molar-refractivity contribution in [3.05, 3.63) is 40.0 Å². The lowest BCUT2D eigenvalue weighted by Crippen LogP contribution is -1.96. The number of nitrogens with two attached hydrogens (primary N) is 1. The Morgan fingerprint density at radius 1 is 1.33 bits per heavy atom. The van der Waals surface area contributed by atoms with Gasteiger partial charge in [-0.3, -0.25) is 0 Å². The van der Waals surface area contributed by atoms with Crippen LogP contribution in [0.1, 0.15) is 5.56 Å². The van der Waals surface area contributed by atoms with Gasteiger partial charge in [-0.2, -0.15) is 0 Å². The zero-order chi connectivity index (χ0) is 10.8. The highest BCUT2D eigenvalue weighted by Crippen LogP contribution is 2.32. The van der Waals surface area contributed by atoms with E-state index in [1.165, 1.54) is 0 Å². The summed E-state index contributed by atoms with van der Waals surface area (Å²) in [7, 11) is 0. The molecule has 0 aliphatic carbocycles. The first-order valence-electron chi connectivity index (χ1n) is 4.31. The fourth-order valence-corrected chi connectivity index (χ4v) is 1.67. The maximum Gasteiger partial charge on any atom is 0.172 e. The van der Waals surface area contributed by atoms with Gasteiger partial charge in [0.2, 0.25) is 0 Å². The van der Waals surface area contributed by atoms with Crippen molar-refractivity contribution in [2.75, 3.05) is 0 Å². The van der Waals surface area contributed by atoms with E-state index in [1.54, 1.807) is 24.4 Å². The lowest BCUT2D eigenvalue weighted by Gasteiger charge is -2.02. The Balaban J connectivity index is 2.58. The van der Waals surface area contributed by atoms with Gasteiger partial charge in [-0.15, -0.1) is 0 Å². The number of benzene rings is 1. The van der Waals surface area contributed by atoms with Gasteiger partial charge in [-0.1, -0.05) is 28.4 Å². The maximum absolute atomic E-state index is 6.03. The molecule has 0 saturated carbocycles. The largest absolute Gasteiger partial charge is 0.356 e. The van der Waals surface area contributed by atoms with E-state index in [9.17, 15) is 0 Å². The van der Waals surface area contributed by atoms with Crippen LogP contribution >= 0.6 is 23.2 Å². The smallest absolute Gasteiger partial charge is 0.172 e. The highest BCUT2D eigenvalue weighted by atomic mass is 35.5. The zero-order valence-electron chi connectivity index (χ0n) is 7.71. The molecular weight excluding hydrogens is 235 g/mol. The van der Waals surface area contributed by atoms with Gasteiger partial charge in [-0.05, 0) is 18.2 Å². The molecule has 2 aromatic rings. The summed E-state index contributed by atoms with van der Waals surface area (Å²) in [6.45, 7) is 0.349. The van der Waals surface area contributed by atoms with Gasteiger partial charge >= 0.3 is 0 Å². The summed E-state index contributed by atoms with van der Waals surface area (Å²) in [4.78, 5) is 0. The molecule has 2 N–H and O–H groups in total. The summed E-state index contributed by atoms with van der Waals surface area (Å²) < 4.78 is 5.10. The van der Waals surface area contributed by atoms with Gasteiger partial charge in [0, 0.05) is 22.7 Å². The number of rotatable bonds is 2. The normalized spacial score (nSPS) is 10.6. The first kappa shape index (κ1) is 10.5. The van der Waals surface area contributed by atoms with Crippen LogP contribution in [0.5, 0.6) is 0 Å². The Hall–Kier alpha value is -1.03. The fourth-order valence-electron chi connectivity index (χ4n) is 1.30. The van der Waals surface area contributed by atoms with Gasteiger partial charge in [-0.25, -0.2) is 0 Å². The van der Waals surface area contributed by atoms with Crippen molar-refractivity contribution in [1.82, 2.24) is 5.16 Å². The second-order valence-corrected chi connectivity index (χ2v) is 3.85. The highest BCUT2D eigenvalue weighted by Gasteiger charge is 2.13. The lowest BCUT2D eigenvalue weighted by molar-refractivity contribution is 0.431. The van der Waals surface area contributed by atoms with Crippen LogP contribution < -0.4 is 5.73 Å². The molecule has 0 radical (unpaired) electrons. The number of aromatic nitrogens is 1. The quantitative estimate of drug-likeness (QED) is 0.881. The van der Waals surface area contributed by atoms with E-state index in [1.807, 2.05) is 0 Å². The molecule has 0 fully saturated rings. The molecular formula is C10H8Cl2N2O. The molecule has 78 valence electrons. The van der Waals surface area contributed by atoms with E-state index < -0.39 is 0 Å². The van der Waals surface area contributed by atoms with E-state index in [0.29, 0.717) is 27.9 Å². The molecule has 5 heteroatoms. The average Bonchev–Trinajstić information content (AvgIpc) is 2.69. The SMILES string of the molecule is NCc1cnoc1-c1cc(Cl)ccc1Cl. The molecule has 0 bridgehead atoms. The minimum absolute atomic E-state index is 0.349. The summed E-state index contributed by atoms with van der Waals surface area (Å²) >= 11 is 11.9. The van der Waals surface area contributed by atoms with Crippen LogP contribution in [-0.2, 0) is 6.54 Å². The van der Waals surface area contributed by atoms with Crippen molar-refractivity contribution in [2.45, 2.75) is 6.54 Å². The third-order valence-electron chi connectivity index (χ3n) is 2.04. The number of nitrogens with zero attached hydrogens (tertiary/aromatic N) is 1. The third-order valence-corrected chi connectivity index (χ3v) is 2.60. The Kier molecular flexibility index (Phi) is 2.95. The first-order valence-corrected chi connectivity index (χ1v) is 5.07. The van der Waals surface area contributed by atoms with Crippen molar-refractivity contribution in [1.29, 1.82) is 0 Å². The predicted octanol–water partition coefficient (Wildman–Crippen LogP) is 3.11. The number of hydrogen-bond acceptors (Lipinski definition) is 3. The van der Waals surface area contributed by atoms with Gasteiger partial charge in [0.1, 0.15) is 0 Å². The average molecular weight is 243 g/mol. The lowest BCUT2D eigenvalue weighted by atomic mass is 10.1. The van der Waals surface area contributed by atoms with E-state index in [4.69, 9.17) is 33.5 Å². The zero-order valence-corrected chi connectivity index (χ0v) is 9.22. The molecule has 1 aromatic heterocycles. The minimum Gasteiger partial charge on any atom is -0.356 e. The molecule has 1 aromatic carbocycles. The second-order valence-electron chi connectivity index (χ2n) is 3.01. The van der Waals surface area contributed by atoms with Crippen molar-refractivity contribution < 1.29 is 4.52 Å². The maximum atomic E-state index is 6.03. The predicted molar refractivity (Wildman–Crippen MR) is 59.9 cm³/mol. The molecule has 0 saturated heterocycles. The van der Waals surface area contributed by atoms with Crippen LogP contribution in [0.3, 0.4) is 0 Å². The van der Waals surface area contributed by atoms with Gasteiger partial charge in [0.15, 0.2) is 5.76 Å². The van der Waals surface area contributed by atoms with Crippen molar-refractivity contribution in [3.8, 4) is 11.3 Å². The monoisotopic (exact) mass is 242 g/mol. The Morgan fingerprint density at radius 2 is 2.13 bits per heavy atom. The summed E-state index contributed by atoms with van der Waals surface area (Å²) in [6.07, 6.45) is 1.58. The third kappa shape index (κ3) is 2.00. The van der Waals surface area contributed by atoms with E-state index in [0.717, 1.165) is 5.56 Å². The van der Waals surface area contributed by atoms with Crippen LogP contribution in [0.2, 0.25) is 10.0 Å². The molecule has 0 unspecified atom stereocenters. The van der Waals surface area contributed by atoms with Crippen LogP contribution in [0.4, 0.5) is 0 Å². The molecule has 0 spiro atoms. The molecule has 3 nitrogen and oxygen atoms in total. The van der Waals surface area contributed by atoms with Crippen LogP contribution in [0.25, 0.3) is 11.3 Å². The second kappa shape index (κ2) is 4.23. The first-order chi connectivity index (χ1) is 7.22. The van der Waals surface area contributed by atoms with Crippen LogP contribution in [-0.4, -0.2) is 5.16 Å². The fraction of sp³-hybridized carbons (Fsp3) is 0.100. The van der Waals surface area contributed by atoms with Gasteiger partial charge in [0.25, 0.3) is 0 Å². The standard InChI is InChI=1S/C10H8Cl2N2O/c11-7-1-2-9(12)8(3-7)10-6(4-13)5-14-15-10/h1-3,5H,4,13H2. The van der Waals surface area contributed by atoms with Gasteiger partial charge < -0.3 is 10.3 Å². The van der Waals surface area contributed by atoms with Crippen molar-refractivity contribution >= 4 is 23.2 Å². The highest BCUT2D eigenvalue weighted by molar-refractivity contribution is 6.35. The summed E-state index contributed by atoms with van der Waals surface area (Å²) in [5.74, 6) is 0.574. The minimum atomic E-state index is 0.349. The van der Waals surface area contributed by atoms with Crippen molar-refractivity contribution in [3.63, 3.8) is 0 Å². The van der Waals surface area contributed by atoms with Gasteiger partial charge in [0.05, 0.1) is 11.2 Å². The van der Waals surface area contributed by atoms with E-state index >= 15 is 0 Å². The Bertz CT molecular complexity index is 482. The van der Waals surface area contributed by atoms with E-state index in [2.05, 4.69) is 5.16 Å². The Labute approximate surface area is 96.8 Å². The summed E-state index contributed by atoms with van der Waals surface area (Å²) in [6, 6.07) is 5.15. The van der Waals surface area contributed by atoms with Crippen molar-refractivity contribution in [2.24, 2.45) is 5.73 Å². The summed E-state index contributed by atoms with van der Waals surface area (Å²) in [5.41, 5.74) is 7.06. The molecule has 0 atom stereocenters. The van der Waals surface area contributed by atoms with E-state index in [-0.39, 0.29) is 0 Å². The Morgan fingerprint density at radius 3 is 2.87 bits per heavy atom. The molecule has 15 heavy (non-hydrogen) atoms. The molecule has 0 amide bonds. The molecule has 0 aliphatic heterocycles. The molecule has 0 aliphatic rings. The molecule has 1 heterocycles. The summed E-state index contributed by atoms with van der Waals surface area (Å²) in [5, 5.41) is 4.84. The van der Waals surface area contributed by atoms with Crippen LogP contribution in [0, 0.1) is 0 Å². The number of halogens is 2. The van der Waals surface area contributed by atoms with Crippen LogP contribution in [0.15, 0.2) is 28.9 Å². The number of hydrogen-bond donors (Lipinski definition) is 1. The molecule has 2 rings (SSSR count). The topological polar surface area (TPSA) is 52.0 Å².